The van der Waals surface area contributed by atoms with Crippen molar-refractivity contribution in [2.75, 3.05) is 5.73 Å². The highest BCUT2D eigenvalue weighted by molar-refractivity contribution is 9.10. The smallest absolute Gasteiger partial charge is 0.184 e. The molecule has 0 bridgehead atoms. The van der Waals surface area contributed by atoms with Crippen LogP contribution in [0.5, 0.6) is 0 Å². The summed E-state index contributed by atoms with van der Waals surface area (Å²) in [4.78, 5) is -0.0227. The van der Waals surface area contributed by atoms with Crippen LogP contribution in [0.4, 0.5) is 10.1 Å². The molecule has 0 aliphatic heterocycles. The molecule has 3 nitrogen and oxygen atoms in total. The van der Waals surface area contributed by atoms with Crippen LogP contribution in [0.1, 0.15) is 5.56 Å². The molecule has 7 heteroatoms. The van der Waals surface area contributed by atoms with Crippen molar-refractivity contribution >= 4 is 43.1 Å². The van der Waals surface area contributed by atoms with Crippen LogP contribution in [-0.2, 0) is 15.6 Å². The normalized spacial score (nSPS) is 11.6. The summed E-state index contributed by atoms with van der Waals surface area (Å²) in [5, 5.41) is 0.290. The average Bonchev–Trinajstić information content (AvgIpc) is 2.36. The maximum atomic E-state index is 13.1. The van der Waals surface area contributed by atoms with Gasteiger partial charge in [0.05, 0.1) is 20.8 Å². The fraction of sp³-hybridized carbons (Fsp3) is 0.0769. The first kappa shape index (κ1) is 15.3. The Kier molecular flexibility index (Phi) is 4.36. The van der Waals surface area contributed by atoms with Gasteiger partial charge in [-0.25, -0.2) is 12.8 Å². The number of rotatable bonds is 3. The summed E-state index contributed by atoms with van der Waals surface area (Å²) in [5.74, 6) is -0.732. The van der Waals surface area contributed by atoms with Crippen molar-refractivity contribution in [3.05, 3.63) is 57.3 Å². The van der Waals surface area contributed by atoms with E-state index in [1.54, 1.807) is 0 Å². The quantitative estimate of drug-likeness (QED) is 0.827. The summed E-state index contributed by atoms with van der Waals surface area (Å²) in [7, 11) is -3.65. The lowest BCUT2D eigenvalue weighted by Gasteiger charge is -2.08. The molecule has 0 aromatic heterocycles. The zero-order valence-corrected chi connectivity index (χ0v) is 13.3. The first-order valence-electron chi connectivity index (χ1n) is 5.51. The number of nitrogen functional groups attached to an aromatic ring is 1. The molecule has 20 heavy (non-hydrogen) atoms. The van der Waals surface area contributed by atoms with Crippen LogP contribution in [0.3, 0.4) is 0 Å². The second-order valence-electron chi connectivity index (χ2n) is 4.19. The molecule has 2 rings (SSSR count). The first-order chi connectivity index (χ1) is 9.29. The van der Waals surface area contributed by atoms with E-state index in [-0.39, 0.29) is 25.8 Å². The van der Waals surface area contributed by atoms with Gasteiger partial charge in [0, 0.05) is 5.02 Å². The largest absolute Gasteiger partial charge is 0.398 e. The minimum absolute atomic E-state index is 0.0227. The van der Waals surface area contributed by atoms with Crippen LogP contribution < -0.4 is 5.73 Å². The van der Waals surface area contributed by atoms with Crippen LogP contribution in [0.2, 0.25) is 5.02 Å². The van der Waals surface area contributed by atoms with Gasteiger partial charge in [0.2, 0.25) is 0 Å². The summed E-state index contributed by atoms with van der Waals surface area (Å²) >= 11 is 8.82. The predicted molar refractivity (Wildman–Crippen MR) is 80.9 cm³/mol. The number of hydrogen-bond donors (Lipinski definition) is 1. The zero-order valence-electron chi connectivity index (χ0n) is 10.1. The molecule has 0 atom stereocenters. The Morgan fingerprint density at radius 2 is 1.90 bits per heavy atom. The van der Waals surface area contributed by atoms with E-state index >= 15 is 0 Å². The standard InChI is InChI=1S/C13H10BrClFNO2S/c14-10-5-8(1-3-11(10)16)7-20(18,19)13-6-9(15)2-4-12(13)17/h1-6H,7,17H2. The van der Waals surface area contributed by atoms with E-state index in [9.17, 15) is 12.8 Å². The SMILES string of the molecule is Nc1ccc(Cl)cc1S(=O)(=O)Cc1ccc(F)c(Br)c1. The fourth-order valence-electron chi connectivity index (χ4n) is 1.70. The van der Waals surface area contributed by atoms with Gasteiger partial charge in [-0.15, -0.1) is 0 Å². The van der Waals surface area contributed by atoms with E-state index in [0.29, 0.717) is 5.56 Å². The third-order valence-electron chi connectivity index (χ3n) is 2.65. The first-order valence-corrected chi connectivity index (χ1v) is 8.33. The summed E-state index contributed by atoms with van der Waals surface area (Å²) in [6, 6.07) is 8.31. The minimum Gasteiger partial charge on any atom is -0.398 e. The van der Waals surface area contributed by atoms with Crippen LogP contribution in [0.15, 0.2) is 45.8 Å². The minimum atomic E-state index is -3.65. The highest BCUT2D eigenvalue weighted by Gasteiger charge is 2.19. The van der Waals surface area contributed by atoms with Crippen LogP contribution in [0.25, 0.3) is 0 Å². The van der Waals surface area contributed by atoms with Crippen LogP contribution in [0, 0.1) is 5.82 Å². The molecule has 0 spiro atoms. The molecule has 106 valence electrons. The van der Waals surface area contributed by atoms with Crippen molar-refractivity contribution in [2.24, 2.45) is 0 Å². The third kappa shape index (κ3) is 3.31. The van der Waals surface area contributed by atoms with Gasteiger partial charge in [-0.2, -0.15) is 0 Å². The molecule has 0 fully saturated rings. The number of sulfone groups is 1. The number of hydrogen-bond acceptors (Lipinski definition) is 3. The molecule has 0 radical (unpaired) electrons. The summed E-state index contributed by atoms with van der Waals surface area (Å²) in [6.45, 7) is 0. The summed E-state index contributed by atoms with van der Waals surface area (Å²) < 4.78 is 38.0. The molecule has 0 saturated heterocycles. The third-order valence-corrected chi connectivity index (χ3v) is 5.23. The Morgan fingerprint density at radius 1 is 1.20 bits per heavy atom. The van der Waals surface area contributed by atoms with Gasteiger partial charge in [-0.3, -0.25) is 0 Å². The molecule has 0 heterocycles. The lowest BCUT2D eigenvalue weighted by atomic mass is 10.2. The molecular weight excluding hydrogens is 369 g/mol. The number of nitrogens with two attached hydrogens (primary N) is 1. The highest BCUT2D eigenvalue weighted by atomic mass is 79.9. The van der Waals surface area contributed by atoms with Crippen LogP contribution in [-0.4, -0.2) is 8.42 Å². The number of benzene rings is 2. The average molecular weight is 379 g/mol. The monoisotopic (exact) mass is 377 g/mol. The second kappa shape index (κ2) is 5.71. The van der Waals surface area contributed by atoms with Crippen molar-refractivity contribution in [3.8, 4) is 0 Å². The summed E-state index contributed by atoms with van der Waals surface area (Å²) in [5.41, 5.74) is 6.27. The predicted octanol–water partition coefficient (Wildman–Crippen LogP) is 3.80. The second-order valence-corrected chi connectivity index (χ2v) is 7.44. The lowest BCUT2D eigenvalue weighted by Crippen LogP contribution is -2.08. The Morgan fingerprint density at radius 3 is 2.55 bits per heavy atom. The number of halogens is 3. The van der Waals surface area contributed by atoms with Gasteiger partial charge in [0.1, 0.15) is 5.82 Å². The van der Waals surface area contributed by atoms with E-state index < -0.39 is 15.7 Å². The van der Waals surface area contributed by atoms with Gasteiger partial charge < -0.3 is 5.73 Å². The summed E-state index contributed by atoms with van der Waals surface area (Å²) in [6.07, 6.45) is 0. The molecule has 0 aliphatic rings. The Hall–Kier alpha value is -1.11. The van der Waals surface area contributed by atoms with Crippen molar-refractivity contribution in [2.45, 2.75) is 10.6 Å². The maximum Gasteiger partial charge on any atom is 0.184 e. The van der Waals surface area contributed by atoms with E-state index in [0.717, 1.165) is 0 Å². The van der Waals surface area contributed by atoms with Crippen molar-refractivity contribution in [1.82, 2.24) is 0 Å². The van der Waals surface area contributed by atoms with Gasteiger partial charge in [-0.1, -0.05) is 17.7 Å². The molecule has 0 unspecified atom stereocenters. The Bertz CT molecular complexity index is 765. The fourth-order valence-corrected chi connectivity index (χ4v) is 3.87. The molecule has 2 aromatic rings. The van der Waals surface area contributed by atoms with E-state index in [4.69, 9.17) is 17.3 Å². The molecule has 0 aliphatic carbocycles. The molecule has 0 saturated carbocycles. The maximum absolute atomic E-state index is 13.1. The van der Waals surface area contributed by atoms with Crippen LogP contribution >= 0.6 is 27.5 Å². The lowest BCUT2D eigenvalue weighted by molar-refractivity contribution is 0.595. The Balaban J connectivity index is 2.40. The van der Waals surface area contributed by atoms with Gasteiger partial charge in [0.25, 0.3) is 0 Å². The molecule has 2 N–H and O–H groups in total. The zero-order chi connectivity index (χ0) is 14.9. The van der Waals surface area contributed by atoms with E-state index in [1.807, 2.05) is 0 Å². The van der Waals surface area contributed by atoms with E-state index in [2.05, 4.69) is 15.9 Å². The van der Waals surface area contributed by atoms with Gasteiger partial charge >= 0.3 is 0 Å². The van der Waals surface area contributed by atoms with Crippen molar-refractivity contribution in [1.29, 1.82) is 0 Å². The number of anilines is 1. The van der Waals surface area contributed by atoms with Crippen molar-refractivity contribution < 1.29 is 12.8 Å². The van der Waals surface area contributed by atoms with E-state index in [1.165, 1.54) is 36.4 Å². The topological polar surface area (TPSA) is 60.2 Å². The van der Waals surface area contributed by atoms with Crippen molar-refractivity contribution in [3.63, 3.8) is 0 Å². The highest BCUT2D eigenvalue weighted by Crippen LogP contribution is 2.27. The molecule has 2 aromatic carbocycles. The molecule has 0 amide bonds. The van der Waals surface area contributed by atoms with Gasteiger partial charge in [-0.05, 0) is 51.8 Å². The Labute approximate surface area is 129 Å². The molecular formula is C13H10BrClFNO2S. The van der Waals surface area contributed by atoms with Gasteiger partial charge in [0.15, 0.2) is 9.84 Å².